The lowest BCUT2D eigenvalue weighted by Crippen LogP contribution is -2.30. The van der Waals surface area contributed by atoms with E-state index < -0.39 is 11.6 Å². The summed E-state index contributed by atoms with van der Waals surface area (Å²) in [4.78, 5) is 4.31. The molecule has 0 aliphatic rings. The second-order valence-electron chi connectivity index (χ2n) is 4.64. The molecule has 0 bridgehead atoms. The molecule has 0 fully saturated rings. The molecule has 1 aromatic carbocycles. The highest BCUT2D eigenvalue weighted by Crippen LogP contribution is 2.13. The number of hydrogen-bond acceptors (Lipinski definition) is 2. The predicted molar refractivity (Wildman–Crippen MR) is 78.6 cm³/mol. The lowest BCUT2D eigenvalue weighted by molar-refractivity contribution is 0.539. The lowest BCUT2D eigenvalue weighted by atomic mass is 10.0. The third kappa shape index (κ3) is 4.35. The van der Waals surface area contributed by atoms with Crippen molar-refractivity contribution in [2.75, 3.05) is 7.05 Å². The molecule has 2 nitrogen and oxygen atoms in total. The average Bonchev–Trinajstić information content (AvgIpc) is 2.39. The number of pyridine rings is 1. The van der Waals surface area contributed by atoms with E-state index in [4.69, 9.17) is 0 Å². The zero-order valence-electron chi connectivity index (χ0n) is 11.0. The fourth-order valence-corrected chi connectivity index (χ4v) is 2.30. The van der Waals surface area contributed by atoms with Gasteiger partial charge in [-0.2, -0.15) is 0 Å². The molecule has 0 saturated heterocycles. The molecule has 1 heterocycles. The Morgan fingerprint density at radius 2 is 1.85 bits per heavy atom. The average molecular weight is 341 g/mol. The summed E-state index contributed by atoms with van der Waals surface area (Å²) in [5.74, 6) is -1.09. The number of nitrogens with zero attached hydrogens (tertiary/aromatic N) is 1. The Morgan fingerprint density at radius 1 is 1.15 bits per heavy atom. The van der Waals surface area contributed by atoms with E-state index in [1.54, 1.807) is 6.20 Å². The normalized spacial score (nSPS) is 12.4. The summed E-state index contributed by atoms with van der Waals surface area (Å²) < 4.78 is 27.3. The molecule has 106 valence electrons. The van der Waals surface area contributed by atoms with Crippen molar-refractivity contribution in [1.82, 2.24) is 10.3 Å². The molecule has 1 N–H and O–H groups in total. The molecule has 0 aliphatic carbocycles. The Morgan fingerprint density at radius 3 is 2.40 bits per heavy atom. The molecule has 20 heavy (non-hydrogen) atoms. The van der Waals surface area contributed by atoms with E-state index in [0.717, 1.165) is 16.2 Å². The van der Waals surface area contributed by atoms with E-state index in [2.05, 4.69) is 26.2 Å². The minimum Gasteiger partial charge on any atom is -0.316 e. The van der Waals surface area contributed by atoms with E-state index in [1.165, 1.54) is 12.1 Å². The Bertz CT molecular complexity index is 552. The van der Waals surface area contributed by atoms with Crippen LogP contribution in [0.4, 0.5) is 8.78 Å². The van der Waals surface area contributed by atoms with E-state index in [9.17, 15) is 8.78 Å². The maximum atomic E-state index is 13.2. The zero-order valence-corrected chi connectivity index (χ0v) is 12.6. The third-order valence-electron chi connectivity index (χ3n) is 3.06. The first-order valence-corrected chi connectivity index (χ1v) is 7.09. The standard InChI is InChI=1S/C15H15BrF2N2/c1-19-15(8-14-3-2-11(16)9-20-14)6-10-4-12(17)7-13(18)5-10/h2-5,7,9,15,19H,6,8H2,1H3. The van der Waals surface area contributed by atoms with Crippen molar-refractivity contribution in [3.63, 3.8) is 0 Å². The number of hydrogen-bond donors (Lipinski definition) is 1. The van der Waals surface area contributed by atoms with Gasteiger partial charge >= 0.3 is 0 Å². The first-order valence-electron chi connectivity index (χ1n) is 6.29. The van der Waals surface area contributed by atoms with Gasteiger partial charge in [-0.25, -0.2) is 8.78 Å². The number of nitrogens with one attached hydrogen (secondary N) is 1. The van der Waals surface area contributed by atoms with E-state index in [-0.39, 0.29) is 6.04 Å². The van der Waals surface area contributed by atoms with Crippen LogP contribution in [-0.4, -0.2) is 18.1 Å². The molecule has 2 rings (SSSR count). The maximum Gasteiger partial charge on any atom is 0.126 e. The second kappa shape index (κ2) is 6.90. The molecule has 5 heteroatoms. The summed E-state index contributed by atoms with van der Waals surface area (Å²) in [6, 6.07) is 7.54. The van der Waals surface area contributed by atoms with Crippen LogP contribution in [0, 0.1) is 11.6 Å². The van der Waals surface area contributed by atoms with Crippen molar-refractivity contribution in [2.24, 2.45) is 0 Å². The van der Waals surface area contributed by atoms with Gasteiger partial charge in [0, 0.05) is 34.9 Å². The molecular weight excluding hydrogens is 326 g/mol. The Labute approximate surface area is 125 Å². The van der Waals surface area contributed by atoms with Crippen molar-refractivity contribution in [1.29, 1.82) is 0 Å². The highest BCUT2D eigenvalue weighted by atomic mass is 79.9. The Kier molecular flexibility index (Phi) is 5.20. The monoisotopic (exact) mass is 340 g/mol. The van der Waals surface area contributed by atoms with Crippen LogP contribution in [0.15, 0.2) is 41.0 Å². The SMILES string of the molecule is CNC(Cc1cc(F)cc(F)c1)Cc1ccc(Br)cn1. The summed E-state index contributed by atoms with van der Waals surface area (Å²) in [6.07, 6.45) is 2.98. The number of likely N-dealkylation sites (N-methyl/N-ethyl adjacent to an activating group) is 1. The first-order chi connectivity index (χ1) is 9.56. The van der Waals surface area contributed by atoms with Crippen molar-refractivity contribution in [3.05, 3.63) is 63.9 Å². The fourth-order valence-electron chi connectivity index (χ4n) is 2.07. The van der Waals surface area contributed by atoms with Crippen LogP contribution in [0.3, 0.4) is 0 Å². The minimum absolute atomic E-state index is 0.0740. The zero-order chi connectivity index (χ0) is 14.5. The van der Waals surface area contributed by atoms with Crippen molar-refractivity contribution >= 4 is 15.9 Å². The number of rotatable bonds is 5. The molecule has 1 unspecified atom stereocenters. The van der Waals surface area contributed by atoms with E-state index >= 15 is 0 Å². The molecule has 2 aromatic rings. The lowest BCUT2D eigenvalue weighted by Gasteiger charge is -2.16. The largest absolute Gasteiger partial charge is 0.316 e. The second-order valence-corrected chi connectivity index (χ2v) is 5.55. The smallest absolute Gasteiger partial charge is 0.126 e. The molecule has 0 spiro atoms. The molecule has 1 atom stereocenters. The van der Waals surface area contributed by atoms with Gasteiger partial charge in [-0.3, -0.25) is 4.98 Å². The number of halogens is 3. The third-order valence-corrected chi connectivity index (χ3v) is 3.53. The van der Waals surface area contributed by atoms with Gasteiger partial charge in [0.25, 0.3) is 0 Å². The summed E-state index contributed by atoms with van der Waals surface area (Å²) in [5.41, 5.74) is 1.57. The van der Waals surface area contributed by atoms with Gasteiger partial charge in [0.05, 0.1) is 0 Å². The fraction of sp³-hybridized carbons (Fsp3) is 0.267. The van der Waals surface area contributed by atoms with Gasteiger partial charge in [0.1, 0.15) is 11.6 Å². The molecule has 0 amide bonds. The molecule has 0 saturated carbocycles. The van der Waals surface area contributed by atoms with Crippen LogP contribution >= 0.6 is 15.9 Å². The van der Waals surface area contributed by atoms with Crippen LogP contribution in [0.25, 0.3) is 0 Å². The molecule has 0 radical (unpaired) electrons. The van der Waals surface area contributed by atoms with Gasteiger partial charge in [0.15, 0.2) is 0 Å². The molecular formula is C15H15BrF2N2. The maximum absolute atomic E-state index is 13.2. The Balaban J connectivity index is 2.06. The highest BCUT2D eigenvalue weighted by molar-refractivity contribution is 9.10. The van der Waals surface area contributed by atoms with Crippen molar-refractivity contribution in [2.45, 2.75) is 18.9 Å². The van der Waals surface area contributed by atoms with Crippen LogP contribution in [0.2, 0.25) is 0 Å². The number of aromatic nitrogens is 1. The van der Waals surface area contributed by atoms with Crippen molar-refractivity contribution < 1.29 is 8.78 Å². The van der Waals surface area contributed by atoms with Gasteiger partial charge < -0.3 is 5.32 Å². The predicted octanol–water partition coefficient (Wildman–Crippen LogP) is 3.50. The summed E-state index contributed by atoms with van der Waals surface area (Å²) in [7, 11) is 1.83. The van der Waals surface area contributed by atoms with Gasteiger partial charge in [-0.05, 0) is 59.2 Å². The van der Waals surface area contributed by atoms with Gasteiger partial charge in [-0.1, -0.05) is 0 Å². The van der Waals surface area contributed by atoms with E-state index in [1.807, 2.05) is 19.2 Å². The summed E-state index contributed by atoms with van der Waals surface area (Å²) in [5, 5.41) is 3.16. The number of benzene rings is 1. The summed E-state index contributed by atoms with van der Waals surface area (Å²) in [6.45, 7) is 0. The van der Waals surface area contributed by atoms with E-state index in [0.29, 0.717) is 18.4 Å². The first kappa shape index (κ1) is 15.1. The van der Waals surface area contributed by atoms with Crippen LogP contribution in [0.5, 0.6) is 0 Å². The van der Waals surface area contributed by atoms with Gasteiger partial charge in [-0.15, -0.1) is 0 Å². The quantitative estimate of drug-likeness (QED) is 0.901. The molecule has 0 aliphatic heterocycles. The molecule has 1 aromatic heterocycles. The van der Waals surface area contributed by atoms with Crippen LogP contribution in [0.1, 0.15) is 11.3 Å². The Hall–Kier alpha value is -1.33. The topological polar surface area (TPSA) is 24.9 Å². The van der Waals surface area contributed by atoms with Gasteiger partial charge in [0.2, 0.25) is 0 Å². The minimum atomic E-state index is -0.545. The van der Waals surface area contributed by atoms with Crippen LogP contribution in [-0.2, 0) is 12.8 Å². The highest BCUT2D eigenvalue weighted by Gasteiger charge is 2.11. The van der Waals surface area contributed by atoms with Crippen LogP contribution < -0.4 is 5.32 Å². The summed E-state index contributed by atoms with van der Waals surface area (Å²) >= 11 is 3.34. The van der Waals surface area contributed by atoms with Crippen molar-refractivity contribution in [3.8, 4) is 0 Å².